The van der Waals surface area contributed by atoms with Gasteiger partial charge in [0, 0.05) is 38.6 Å². The number of nitrogens with one attached hydrogen (secondary N) is 1. The first-order valence-corrected chi connectivity index (χ1v) is 10.8. The summed E-state index contributed by atoms with van der Waals surface area (Å²) < 4.78 is 44.7. The van der Waals surface area contributed by atoms with Gasteiger partial charge >= 0.3 is 12.5 Å². The zero-order valence-corrected chi connectivity index (χ0v) is 18.2. The molecule has 2 aliphatic heterocycles. The first-order chi connectivity index (χ1) is 16.4. The number of rotatable bonds is 7. The Labute approximate surface area is 194 Å². The number of hydroxylamine groups is 2. The Morgan fingerprint density at radius 1 is 1.18 bits per heavy atom. The maximum absolute atomic E-state index is 15.0. The molecule has 12 heteroatoms. The molecule has 0 spiro atoms. The third-order valence-corrected chi connectivity index (χ3v) is 5.52. The van der Waals surface area contributed by atoms with Crippen LogP contribution in [-0.4, -0.2) is 73.9 Å². The second kappa shape index (κ2) is 10.7. The van der Waals surface area contributed by atoms with Gasteiger partial charge in [0.25, 0.3) is 5.91 Å². The van der Waals surface area contributed by atoms with Crippen molar-refractivity contribution in [2.75, 3.05) is 49.1 Å². The van der Waals surface area contributed by atoms with Crippen LogP contribution in [0.15, 0.2) is 42.7 Å². The smallest absolute Gasteiger partial charge is 0.414 e. The average molecular weight is 479 g/mol. The van der Waals surface area contributed by atoms with Gasteiger partial charge in [0.2, 0.25) is 0 Å². The number of benzene rings is 1. The number of carbonyl (C=O) groups is 2. The van der Waals surface area contributed by atoms with E-state index < -0.39 is 30.3 Å². The summed E-state index contributed by atoms with van der Waals surface area (Å²) in [7, 11) is 0. The number of halogens is 3. The number of pyridine rings is 1. The lowest BCUT2D eigenvalue weighted by Gasteiger charge is -2.24. The lowest BCUT2D eigenvalue weighted by Crippen LogP contribution is -2.37. The molecule has 2 fully saturated rings. The first-order valence-electron chi connectivity index (χ1n) is 10.8. The van der Waals surface area contributed by atoms with Crippen LogP contribution in [0, 0.1) is 5.82 Å². The van der Waals surface area contributed by atoms with Gasteiger partial charge in [0.15, 0.2) is 0 Å². The molecule has 3 heterocycles. The Balaban J connectivity index is 1.35. The average Bonchev–Trinajstić information content (AvgIpc) is 3.04. The van der Waals surface area contributed by atoms with Gasteiger partial charge in [-0.15, -0.1) is 0 Å². The molecule has 2 aromatic rings. The largest absolute Gasteiger partial charge is 0.442 e. The highest BCUT2D eigenvalue weighted by Crippen LogP contribution is 2.28. The quantitative estimate of drug-likeness (QED) is 0.652. The van der Waals surface area contributed by atoms with Gasteiger partial charge < -0.3 is 15.0 Å². The predicted octanol–water partition coefficient (Wildman–Crippen LogP) is 2.18. The number of ether oxygens (including phenoxy) is 1. The molecule has 1 unspecified atom stereocenters. The van der Waals surface area contributed by atoms with Gasteiger partial charge in [-0.05, 0) is 35.9 Å². The lowest BCUT2D eigenvalue weighted by molar-refractivity contribution is -0.154. The number of hydrogen-bond acceptors (Lipinski definition) is 7. The van der Waals surface area contributed by atoms with Crippen molar-refractivity contribution in [2.45, 2.75) is 19.1 Å². The Morgan fingerprint density at radius 3 is 2.71 bits per heavy atom. The van der Waals surface area contributed by atoms with Crippen LogP contribution < -0.4 is 15.1 Å². The summed E-state index contributed by atoms with van der Waals surface area (Å²) in [5.74, 6) is -1.95. The molecule has 4 rings (SSSR count). The van der Waals surface area contributed by atoms with E-state index in [0.717, 1.165) is 5.56 Å². The van der Waals surface area contributed by atoms with Crippen LogP contribution in [0.3, 0.4) is 0 Å². The lowest BCUT2D eigenvalue weighted by atomic mass is 10.2. The molecule has 1 aromatic carbocycles. The molecule has 1 aromatic heterocycles. The van der Waals surface area contributed by atoms with Gasteiger partial charge in [-0.1, -0.05) is 0 Å². The third-order valence-electron chi connectivity index (χ3n) is 5.52. The Kier molecular flexibility index (Phi) is 7.48. The molecule has 0 saturated carbocycles. The van der Waals surface area contributed by atoms with Crippen LogP contribution in [0.2, 0.25) is 0 Å². The fraction of sp³-hybridized carbons (Fsp3) is 0.409. The third kappa shape index (κ3) is 5.75. The van der Waals surface area contributed by atoms with E-state index in [1.165, 1.54) is 11.0 Å². The molecule has 0 aliphatic carbocycles. The molecule has 1 N–H and O–H groups in total. The molecule has 9 nitrogen and oxygen atoms in total. The second-order valence-corrected chi connectivity index (χ2v) is 7.84. The second-order valence-electron chi connectivity index (χ2n) is 7.84. The van der Waals surface area contributed by atoms with Crippen molar-refractivity contribution in [3.63, 3.8) is 0 Å². The minimum Gasteiger partial charge on any atom is -0.442 e. The number of amides is 2. The van der Waals surface area contributed by atoms with Crippen molar-refractivity contribution < 1.29 is 32.3 Å². The summed E-state index contributed by atoms with van der Waals surface area (Å²) in [5, 5.41) is 3.84. The van der Waals surface area contributed by atoms with Crippen LogP contribution >= 0.6 is 0 Å². The van der Waals surface area contributed by atoms with E-state index in [1.807, 2.05) is 27.4 Å². The molecule has 2 aliphatic rings. The van der Waals surface area contributed by atoms with Crippen molar-refractivity contribution in [3.05, 3.63) is 54.1 Å². The summed E-state index contributed by atoms with van der Waals surface area (Å²) in [6.07, 6.45) is -1.27. The minimum atomic E-state index is -3.15. The van der Waals surface area contributed by atoms with Gasteiger partial charge in [-0.2, -0.15) is 13.8 Å². The zero-order valence-electron chi connectivity index (χ0n) is 18.2. The molecule has 0 bridgehead atoms. The van der Waals surface area contributed by atoms with Crippen molar-refractivity contribution in [2.24, 2.45) is 0 Å². The molecular formula is C22H24F3N5O4. The van der Waals surface area contributed by atoms with Crippen molar-refractivity contribution in [1.82, 2.24) is 15.4 Å². The van der Waals surface area contributed by atoms with Crippen LogP contribution in [0.4, 0.5) is 29.3 Å². The highest BCUT2D eigenvalue weighted by atomic mass is 19.3. The van der Waals surface area contributed by atoms with Crippen molar-refractivity contribution in [3.8, 4) is 0 Å². The topological polar surface area (TPSA) is 87.2 Å². The molecule has 2 saturated heterocycles. The van der Waals surface area contributed by atoms with E-state index in [1.54, 1.807) is 24.5 Å². The molecule has 1 atom stereocenters. The van der Waals surface area contributed by atoms with E-state index >= 15 is 4.39 Å². The number of aromatic nitrogens is 1. The van der Waals surface area contributed by atoms with E-state index in [2.05, 4.69) is 4.98 Å². The number of carbonyl (C=O) groups excluding carboxylic acids is 2. The van der Waals surface area contributed by atoms with E-state index in [0.29, 0.717) is 38.5 Å². The van der Waals surface area contributed by atoms with Crippen LogP contribution in [-0.2, 0) is 20.9 Å². The summed E-state index contributed by atoms with van der Waals surface area (Å²) in [4.78, 5) is 36.1. The maximum Gasteiger partial charge on any atom is 0.414 e. The summed E-state index contributed by atoms with van der Waals surface area (Å²) in [5.41, 5.74) is 1.72. The van der Waals surface area contributed by atoms with E-state index in [9.17, 15) is 18.4 Å². The van der Waals surface area contributed by atoms with Gasteiger partial charge in [0.1, 0.15) is 11.9 Å². The zero-order chi connectivity index (χ0) is 24.1. The SMILES string of the molecule is O=C(NCC1CN(c2ccc(N3CCON(Cc4ccncc4)CC3)c(F)c2)C(=O)O1)C(F)F. The van der Waals surface area contributed by atoms with Crippen LogP contribution in [0.5, 0.6) is 0 Å². The Morgan fingerprint density at radius 2 is 1.97 bits per heavy atom. The van der Waals surface area contributed by atoms with Crippen LogP contribution in [0.1, 0.15) is 5.56 Å². The Bertz CT molecular complexity index is 1010. The highest BCUT2D eigenvalue weighted by Gasteiger charge is 2.33. The maximum atomic E-state index is 15.0. The van der Waals surface area contributed by atoms with Gasteiger partial charge in [-0.25, -0.2) is 9.18 Å². The molecule has 0 radical (unpaired) electrons. The monoisotopic (exact) mass is 479 g/mol. The molecule has 34 heavy (non-hydrogen) atoms. The summed E-state index contributed by atoms with van der Waals surface area (Å²) >= 11 is 0. The standard InChI is InChI=1S/C22H24F3N5O4/c23-18-11-16(30-14-17(34-22(30)32)12-27-21(31)20(24)25)1-2-19(18)28-7-8-29(33-10-9-28)13-15-3-5-26-6-4-15/h1-6,11,17,20H,7-10,12-14H2,(H,27,31). The summed E-state index contributed by atoms with van der Waals surface area (Å²) in [6.45, 7) is 2.32. The number of anilines is 2. The van der Waals surface area contributed by atoms with Gasteiger partial charge in [0.05, 0.1) is 31.1 Å². The predicted molar refractivity (Wildman–Crippen MR) is 116 cm³/mol. The van der Waals surface area contributed by atoms with Gasteiger partial charge in [-0.3, -0.25) is 19.5 Å². The van der Waals surface area contributed by atoms with E-state index in [-0.39, 0.29) is 18.8 Å². The highest BCUT2D eigenvalue weighted by molar-refractivity contribution is 5.90. The molecule has 182 valence electrons. The Hall–Kier alpha value is -3.38. The van der Waals surface area contributed by atoms with Crippen molar-refractivity contribution in [1.29, 1.82) is 0 Å². The van der Waals surface area contributed by atoms with Crippen molar-refractivity contribution >= 4 is 23.4 Å². The fourth-order valence-electron chi connectivity index (χ4n) is 3.80. The first kappa shape index (κ1) is 23.8. The number of hydrogen-bond donors (Lipinski definition) is 1. The number of alkyl halides is 2. The van der Waals surface area contributed by atoms with Crippen LogP contribution in [0.25, 0.3) is 0 Å². The summed E-state index contributed by atoms with van der Waals surface area (Å²) in [6, 6.07) is 8.23. The van der Waals surface area contributed by atoms with E-state index in [4.69, 9.17) is 9.57 Å². The molecular weight excluding hydrogens is 455 g/mol. The fourth-order valence-corrected chi connectivity index (χ4v) is 3.80. The number of nitrogens with zero attached hydrogens (tertiary/aromatic N) is 4. The number of cyclic esters (lactones) is 1. The normalized spacial score (nSPS) is 19.3. The minimum absolute atomic E-state index is 0.00264. The molecule has 2 amide bonds.